The molecule has 0 aliphatic carbocycles. The molecule has 0 amide bonds. The Morgan fingerprint density at radius 3 is 2.64 bits per heavy atom. The van der Waals surface area contributed by atoms with E-state index in [4.69, 9.17) is 0 Å². The van der Waals surface area contributed by atoms with Crippen LogP contribution < -0.4 is 5.32 Å². The molecule has 0 saturated heterocycles. The molecule has 1 heterocycles. The Hall–Kier alpha value is -1.98. The maximum atomic E-state index is 11.3. The zero-order valence-electron chi connectivity index (χ0n) is 13.4. The second-order valence-corrected chi connectivity index (χ2v) is 7.58. The fourth-order valence-electron chi connectivity index (χ4n) is 2.13. The second kappa shape index (κ2) is 8.41. The van der Waals surface area contributed by atoms with Gasteiger partial charge < -0.3 is 5.32 Å². The molecule has 1 aromatic heterocycles. The molecule has 0 bridgehead atoms. The molecule has 0 aliphatic rings. The summed E-state index contributed by atoms with van der Waals surface area (Å²) in [6.45, 7) is 0.626. The summed E-state index contributed by atoms with van der Waals surface area (Å²) in [5, 5.41) is 18.4. The van der Waals surface area contributed by atoms with Gasteiger partial charge in [0.05, 0.1) is 17.8 Å². The van der Waals surface area contributed by atoms with Crippen molar-refractivity contribution in [3.63, 3.8) is 0 Å². The van der Waals surface area contributed by atoms with Gasteiger partial charge in [0.1, 0.15) is 0 Å². The van der Waals surface area contributed by atoms with E-state index in [0.717, 1.165) is 11.8 Å². The SMILES string of the molecule is CS(=O)(=O)OCCCn1nc(Br)c([N+](=O)[O-])c1NCc1ccccc1. The quantitative estimate of drug-likeness (QED) is 0.280. The van der Waals surface area contributed by atoms with Crippen LogP contribution in [0.4, 0.5) is 11.5 Å². The van der Waals surface area contributed by atoms with Crippen molar-refractivity contribution in [1.82, 2.24) is 9.78 Å². The summed E-state index contributed by atoms with van der Waals surface area (Å²) < 4.78 is 28.1. The molecule has 0 saturated carbocycles. The summed E-state index contributed by atoms with van der Waals surface area (Å²) in [6.07, 6.45) is 1.30. The van der Waals surface area contributed by atoms with E-state index >= 15 is 0 Å². The summed E-state index contributed by atoms with van der Waals surface area (Å²) in [5.74, 6) is 0.250. The van der Waals surface area contributed by atoms with Gasteiger partial charge in [-0.3, -0.25) is 14.3 Å². The zero-order chi connectivity index (χ0) is 18.4. The van der Waals surface area contributed by atoms with Gasteiger partial charge in [0, 0.05) is 13.1 Å². The molecule has 1 N–H and O–H groups in total. The van der Waals surface area contributed by atoms with Crippen LogP contribution in [0, 0.1) is 10.1 Å². The molecule has 25 heavy (non-hydrogen) atoms. The van der Waals surface area contributed by atoms with Crippen molar-refractivity contribution in [2.45, 2.75) is 19.5 Å². The number of nitrogens with zero attached hydrogens (tertiary/aromatic N) is 3. The van der Waals surface area contributed by atoms with Crippen LogP contribution in [-0.2, 0) is 27.4 Å². The van der Waals surface area contributed by atoms with Gasteiger partial charge in [0.2, 0.25) is 10.4 Å². The van der Waals surface area contributed by atoms with Gasteiger partial charge in [-0.2, -0.15) is 13.5 Å². The maximum Gasteiger partial charge on any atom is 0.345 e. The van der Waals surface area contributed by atoms with E-state index in [-0.39, 0.29) is 29.3 Å². The first-order chi connectivity index (χ1) is 11.8. The van der Waals surface area contributed by atoms with Gasteiger partial charge in [0.15, 0.2) is 0 Å². The molecule has 2 aromatic rings. The number of anilines is 1. The standard InChI is InChI=1S/C14H17BrN4O5S/c1-25(22,23)24-9-5-8-18-14(12(19(20)21)13(15)17-18)16-10-11-6-3-2-4-7-11/h2-4,6-7,16H,5,8-10H2,1H3. The van der Waals surface area contributed by atoms with Crippen molar-refractivity contribution in [3.05, 3.63) is 50.6 Å². The first-order valence-corrected chi connectivity index (χ1v) is 9.92. The van der Waals surface area contributed by atoms with Crippen molar-refractivity contribution < 1.29 is 17.5 Å². The monoisotopic (exact) mass is 432 g/mol. The summed E-state index contributed by atoms with van der Waals surface area (Å²) in [4.78, 5) is 10.8. The number of nitrogens with one attached hydrogen (secondary N) is 1. The van der Waals surface area contributed by atoms with Gasteiger partial charge >= 0.3 is 5.69 Å². The number of hydrogen-bond acceptors (Lipinski definition) is 7. The Morgan fingerprint density at radius 2 is 2.04 bits per heavy atom. The van der Waals surface area contributed by atoms with E-state index < -0.39 is 15.0 Å². The van der Waals surface area contributed by atoms with E-state index in [0.29, 0.717) is 13.0 Å². The van der Waals surface area contributed by atoms with Crippen LogP contribution in [-0.4, -0.2) is 36.0 Å². The zero-order valence-corrected chi connectivity index (χ0v) is 15.8. The molecule has 0 radical (unpaired) electrons. The van der Waals surface area contributed by atoms with Gasteiger partial charge in [-0.25, -0.2) is 4.68 Å². The molecule has 0 atom stereocenters. The fraction of sp³-hybridized carbons (Fsp3) is 0.357. The molecule has 0 aliphatic heterocycles. The Labute approximate surface area is 153 Å². The van der Waals surface area contributed by atoms with Crippen LogP contribution in [0.25, 0.3) is 0 Å². The number of halogens is 1. The van der Waals surface area contributed by atoms with E-state index in [1.54, 1.807) is 0 Å². The molecule has 2 rings (SSSR count). The second-order valence-electron chi connectivity index (χ2n) is 5.19. The lowest BCUT2D eigenvalue weighted by atomic mass is 10.2. The summed E-state index contributed by atoms with van der Waals surface area (Å²) >= 11 is 3.09. The van der Waals surface area contributed by atoms with Gasteiger partial charge in [-0.1, -0.05) is 30.3 Å². The molecule has 1 aromatic carbocycles. The van der Waals surface area contributed by atoms with Crippen LogP contribution >= 0.6 is 15.9 Å². The van der Waals surface area contributed by atoms with Crippen molar-refractivity contribution in [1.29, 1.82) is 0 Å². The third kappa shape index (κ3) is 5.80. The molecular formula is C14H17BrN4O5S. The largest absolute Gasteiger partial charge is 0.360 e. The third-order valence-electron chi connectivity index (χ3n) is 3.18. The fourth-order valence-corrected chi connectivity index (χ4v) is 3.07. The van der Waals surface area contributed by atoms with Crippen LogP contribution in [0.2, 0.25) is 0 Å². The number of hydrogen-bond donors (Lipinski definition) is 1. The Balaban J connectivity index is 2.12. The van der Waals surface area contributed by atoms with E-state index in [9.17, 15) is 18.5 Å². The summed E-state index contributed by atoms with van der Waals surface area (Å²) in [5.41, 5.74) is 0.793. The average molecular weight is 433 g/mol. The summed E-state index contributed by atoms with van der Waals surface area (Å²) in [7, 11) is -3.51. The molecule has 0 fully saturated rings. The van der Waals surface area contributed by atoms with Gasteiger partial charge in [-0.15, -0.1) is 0 Å². The molecule has 0 spiro atoms. The normalized spacial score (nSPS) is 11.4. The number of aromatic nitrogens is 2. The predicted octanol–water partition coefficient (Wildman–Crippen LogP) is 2.53. The average Bonchev–Trinajstić information content (AvgIpc) is 2.85. The summed E-state index contributed by atoms with van der Waals surface area (Å²) in [6, 6.07) is 9.43. The van der Waals surface area contributed by atoms with E-state index in [1.165, 1.54) is 4.68 Å². The van der Waals surface area contributed by atoms with Crippen LogP contribution in [0.1, 0.15) is 12.0 Å². The lowest BCUT2D eigenvalue weighted by Crippen LogP contribution is -2.12. The van der Waals surface area contributed by atoms with E-state index in [1.807, 2.05) is 30.3 Å². The Bertz CT molecular complexity index is 838. The Kier molecular flexibility index (Phi) is 6.51. The topological polar surface area (TPSA) is 116 Å². The van der Waals surface area contributed by atoms with Crippen molar-refractivity contribution in [2.24, 2.45) is 0 Å². The number of nitro groups is 1. The van der Waals surface area contributed by atoms with Crippen molar-refractivity contribution >= 4 is 37.6 Å². The molecule has 9 nitrogen and oxygen atoms in total. The lowest BCUT2D eigenvalue weighted by molar-refractivity contribution is -0.384. The minimum absolute atomic E-state index is 0.0256. The minimum atomic E-state index is -3.51. The molecular weight excluding hydrogens is 416 g/mol. The van der Waals surface area contributed by atoms with Crippen LogP contribution in [0.15, 0.2) is 34.9 Å². The number of benzene rings is 1. The lowest BCUT2D eigenvalue weighted by Gasteiger charge is -2.09. The van der Waals surface area contributed by atoms with E-state index in [2.05, 4.69) is 30.5 Å². The highest BCUT2D eigenvalue weighted by atomic mass is 79.9. The van der Waals surface area contributed by atoms with Crippen LogP contribution in [0.5, 0.6) is 0 Å². The molecule has 11 heteroatoms. The van der Waals surface area contributed by atoms with Crippen molar-refractivity contribution in [3.8, 4) is 0 Å². The Morgan fingerprint density at radius 1 is 1.36 bits per heavy atom. The smallest absolute Gasteiger partial charge is 0.345 e. The third-order valence-corrected chi connectivity index (χ3v) is 4.31. The maximum absolute atomic E-state index is 11.3. The first-order valence-electron chi connectivity index (χ1n) is 7.31. The molecule has 0 unspecified atom stereocenters. The molecule has 136 valence electrons. The predicted molar refractivity (Wildman–Crippen MR) is 95.8 cm³/mol. The van der Waals surface area contributed by atoms with Gasteiger partial charge in [-0.05, 0) is 27.9 Å². The van der Waals surface area contributed by atoms with Gasteiger partial charge in [0.25, 0.3) is 10.1 Å². The van der Waals surface area contributed by atoms with Crippen molar-refractivity contribution in [2.75, 3.05) is 18.2 Å². The number of rotatable bonds is 9. The highest BCUT2D eigenvalue weighted by Crippen LogP contribution is 2.33. The highest BCUT2D eigenvalue weighted by Gasteiger charge is 2.26. The minimum Gasteiger partial charge on any atom is -0.360 e. The number of aryl methyl sites for hydroxylation is 1. The first kappa shape index (κ1) is 19.3. The highest BCUT2D eigenvalue weighted by molar-refractivity contribution is 9.10. The van der Waals surface area contributed by atoms with Crippen LogP contribution in [0.3, 0.4) is 0 Å².